The fourth-order valence-electron chi connectivity index (χ4n) is 3.05. The van der Waals surface area contributed by atoms with E-state index >= 15 is 0 Å². The molecule has 5 nitrogen and oxygen atoms in total. The maximum atomic E-state index is 14.3. The van der Waals surface area contributed by atoms with E-state index in [0.29, 0.717) is 28.0 Å². The predicted molar refractivity (Wildman–Crippen MR) is 93.8 cm³/mol. The largest absolute Gasteiger partial charge is 0.345 e. The summed E-state index contributed by atoms with van der Waals surface area (Å²) < 4.78 is 41.7. The molecule has 0 saturated carbocycles. The Hall–Kier alpha value is -1.67. The molecule has 0 atom stereocenters. The second kappa shape index (κ2) is 5.95. The number of rotatable bonds is 2. The van der Waals surface area contributed by atoms with Gasteiger partial charge in [-0.25, -0.2) is 17.8 Å². The third-order valence-electron chi connectivity index (χ3n) is 4.34. The van der Waals surface area contributed by atoms with Gasteiger partial charge in [0.15, 0.2) is 0 Å². The van der Waals surface area contributed by atoms with Gasteiger partial charge in [-0.15, -0.1) is 0 Å². The Morgan fingerprint density at radius 1 is 1.28 bits per heavy atom. The lowest BCUT2D eigenvalue weighted by Crippen LogP contribution is -2.36. The van der Waals surface area contributed by atoms with Crippen LogP contribution in [-0.4, -0.2) is 29.2 Å². The molecule has 25 heavy (non-hydrogen) atoms. The Labute approximate surface area is 153 Å². The number of nitrogens with zero attached hydrogens (tertiary/aromatic N) is 2. The summed E-state index contributed by atoms with van der Waals surface area (Å²) in [5.74, 6) is -0.567. The molecule has 130 valence electrons. The van der Waals surface area contributed by atoms with Gasteiger partial charge in [0.25, 0.3) is 0 Å². The highest BCUT2D eigenvalue weighted by molar-refractivity contribution is 7.89. The zero-order valence-corrected chi connectivity index (χ0v) is 15.1. The van der Waals surface area contributed by atoms with Crippen LogP contribution in [0.1, 0.15) is 11.1 Å². The lowest BCUT2D eigenvalue weighted by Gasteiger charge is -2.28. The van der Waals surface area contributed by atoms with Gasteiger partial charge in [-0.3, -0.25) is 0 Å². The number of fused-ring (bicyclic) bond motifs is 2. The molecule has 0 bridgehead atoms. The summed E-state index contributed by atoms with van der Waals surface area (Å²) >= 11 is 11.8. The van der Waals surface area contributed by atoms with E-state index in [1.807, 2.05) is 0 Å². The molecule has 0 unspecified atom stereocenters. The molecule has 3 heterocycles. The van der Waals surface area contributed by atoms with Crippen LogP contribution in [0.3, 0.4) is 0 Å². The van der Waals surface area contributed by atoms with Crippen LogP contribution < -0.4 is 0 Å². The highest BCUT2D eigenvalue weighted by Crippen LogP contribution is 2.32. The maximum Gasteiger partial charge on any atom is 0.245 e. The van der Waals surface area contributed by atoms with Crippen LogP contribution >= 0.6 is 23.2 Å². The molecule has 2 aromatic heterocycles. The first-order valence-electron chi connectivity index (χ1n) is 7.46. The predicted octanol–water partition coefficient (Wildman–Crippen LogP) is 3.76. The summed E-state index contributed by atoms with van der Waals surface area (Å²) in [6.07, 6.45) is 3.24. The third kappa shape index (κ3) is 2.71. The molecule has 0 amide bonds. The lowest BCUT2D eigenvalue weighted by molar-refractivity contribution is 0.382. The number of hydrogen-bond acceptors (Lipinski definition) is 3. The van der Waals surface area contributed by atoms with E-state index in [1.165, 1.54) is 22.8 Å². The number of aromatic nitrogens is 2. The topological polar surface area (TPSA) is 66.1 Å². The zero-order valence-electron chi connectivity index (χ0n) is 12.8. The van der Waals surface area contributed by atoms with Gasteiger partial charge >= 0.3 is 0 Å². The van der Waals surface area contributed by atoms with Gasteiger partial charge in [0.1, 0.15) is 16.4 Å². The van der Waals surface area contributed by atoms with Crippen molar-refractivity contribution in [2.75, 3.05) is 6.54 Å². The van der Waals surface area contributed by atoms with E-state index in [1.54, 1.807) is 12.1 Å². The van der Waals surface area contributed by atoms with Gasteiger partial charge in [0.2, 0.25) is 10.0 Å². The molecule has 1 aromatic carbocycles. The normalized spacial score (nSPS) is 15.5. The van der Waals surface area contributed by atoms with E-state index in [9.17, 15) is 12.8 Å². The fraction of sp³-hybridized carbons (Fsp3) is 0.188. The van der Waals surface area contributed by atoms with Crippen LogP contribution in [0.4, 0.5) is 4.39 Å². The Balaban J connectivity index is 1.78. The number of benzene rings is 1. The first-order chi connectivity index (χ1) is 11.9. The van der Waals surface area contributed by atoms with Crippen molar-refractivity contribution in [1.29, 1.82) is 0 Å². The van der Waals surface area contributed by atoms with Crippen LogP contribution in [-0.2, 0) is 23.0 Å². The van der Waals surface area contributed by atoms with Crippen LogP contribution in [0.25, 0.3) is 11.0 Å². The van der Waals surface area contributed by atoms with Gasteiger partial charge in [-0.05, 0) is 24.1 Å². The highest BCUT2D eigenvalue weighted by atomic mass is 35.5. The molecule has 0 aliphatic carbocycles. The number of sulfonamides is 1. The molecule has 9 heteroatoms. The Morgan fingerprint density at radius 2 is 2.08 bits per heavy atom. The molecular formula is C16H12Cl2FN3O2S. The summed E-state index contributed by atoms with van der Waals surface area (Å²) in [6.45, 7) is 0.196. The van der Waals surface area contributed by atoms with Crippen molar-refractivity contribution in [2.24, 2.45) is 0 Å². The van der Waals surface area contributed by atoms with Crippen molar-refractivity contribution >= 4 is 44.3 Å². The quantitative estimate of drug-likeness (QED) is 0.713. The number of aromatic amines is 1. The van der Waals surface area contributed by atoms with Crippen LogP contribution in [0, 0.1) is 5.82 Å². The standard InChI is InChI=1S/C16H12Cl2FN3O2S/c17-10-5-11-14(7-21-16(11)20-6-10)25(23,24)22-4-3-9-1-2-13(18)15(19)12(9)8-22/h1-2,5-7H,3-4,8H2,(H,20,21). The minimum Gasteiger partial charge on any atom is -0.345 e. The van der Waals surface area contributed by atoms with Crippen molar-refractivity contribution < 1.29 is 12.8 Å². The molecule has 3 aromatic rings. The molecule has 0 spiro atoms. The van der Waals surface area contributed by atoms with E-state index in [-0.39, 0.29) is 23.0 Å². The van der Waals surface area contributed by atoms with Crippen molar-refractivity contribution in [3.8, 4) is 0 Å². The summed E-state index contributed by atoms with van der Waals surface area (Å²) in [4.78, 5) is 6.98. The smallest absolute Gasteiger partial charge is 0.245 e. The number of H-pyrrole nitrogens is 1. The molecule has 1 aliphatic rings. The van der Waals surface area contributed by atoms with Gasteiger partial charge in [0.05, 0.1) is 10.0 Å². The average Bonchev–Trinajstić information content (AvgIpc) is 3.01. The zero-order chi connectivity index (χ0) is 17.8. The molecular weight excluding hydrogens is 388 g/mol. The van der Waals surface area contributed by atoms with Gasteiger partial charge in [0, 0.05) is 36.4 Å². The molecule has 0 radical (unpaired) electrons. The fourth-order valence-corrected chi connectivity index (χ4v) is 4.93. The SMILES string of the molecule is O=S(=O)(c1c[nH]c2ncc(Cl)cc12)N1CCc2ccc(Cl)c(F)c2C1. The molecule has 0 saturated heterocycles. The molecule has 0 fully saturated rings. The first-order valence-corrected chi connectivity index (χ1v) is 9.66. The van der Waals surface area contributed by atoms with E-state index in [2.05, 4.69) is 9.97 Å². The number of nitrogens with one attached hydrogen (secondary N) is 1. The number of halogens is 3. The average molecular weight is 400 g/mol. The molecule has 4 rings (SSSR count). The summed E-state index contributed by atoms with van der Waals surface area (Å²) in [6, 6.07) is 4.77. The van der Waals surface area contributed by atoms with E-state index in [4.69, 9.17) is 23.2 Å². The summed E-state index contributed by atoms with van der Waals surface area (Å²) in [5.41, 5.74) is 1.52. The highest BCUT2D eigenvalue weighted by Gasteiger charge is 2.32. The Morgan fingerprint density at radius 3 is 2.88 bits per heavy atom. The minimum atomic E-state index is -3.84. The van der Waals surface area contributed by atoms with Gasteiger partial charge in [-0.2, -0.15) is 4.31 Å². The van der Waals surface area contributed by atoms with Crippen molar-refractivity contribution in [3.05, 3.63) is 57.6 Å². The van der Waals surface area contributed by atoms with Gasteiger partial charge < -0.3 is 4.98 Å². The number of pyridine rings is 1. The molecule has 1 N–H and O–H groups in total. The second-order valence-corrected chi connectivity index (χ2v) is 8.54. The van der Waals surface area contributed by atoms with Crippen LogP contribution in [0.2, 0.25) is 10.0 Å². The monoisotopic (exact) mass is 399 g/mol. The third-order valence-corrected chi connectivity index (χ3v) is 6.72. The first kappa shape index (κ1) is 16.8. The maximum absolute atomic E-state index is 14.3. The van der Waals surface area contributed by atoms with E-state index < -0.39 is 15.8 Å². The number of hydrogen-bond donors (Lipinski definition) is 1. The Kier molecular flexibility index (Phi) is 3.99. The van der Waals surface area contributed by atoms with E-state index in [0.717, 1.165) is 5.56 Å². The van der Waals surface area contributed by atoms with Crippen molar-refractivity contribution in [1.82, 2.24) is 14.3 Å². The molecule has 1 aliphatic heterocycles. The Bertz CT molecular complexity index is 1100. The van der Waals surface area contributed by atoms with Crippen molar-refractivity contribution in [3.63, 3.8) is 0 Å². The van der Waals surface area contributed by atoms with Gasteiger partial charge in [-0.1, -0.05) is 29.3 Å². The van der Waals surface area contributed by atoms with Crippen LogP contribution in [0.15, 0.2) is 35.5 Å². The van der Waals surface area contributed by atoms with Crippen molar-refractivity contribution in [2.45, 2.75) is 17.9 Å². The lowest BCUT2D eigenvalue weighted by atomic mass is 10.0. The summed E-state index contributed by atoms with van der Waals surface area (Å²) in [5, 5.41) is 0.733. The summed E-state index contributed by atoms with van der Waals surface area (Å²) in [7, 11) is -3.84. The minimum absolute atomic E-state index is 0.0129. The second-order valence-electron chi connectivity index (χ2n) is 5.79. The van der Waals surface area contributed by atoms with Crippen LogP contribution in [0.5, 0.6) is 0 Å².